The maximum Gasteiger partial charge on any atom is 0.330 e. The summed E-state index contributed by atoms with van der Waals surface area (Å²) >= 11 is 0. The van der Waals surface area contributed by atoms with Crippen molar-refractivity contribution in [2.45, 2.75) is 20.5 Å². The standard InChI is InChI=1S/C14H17NO4/c1-3-19-14(18)8-7-13(17)15-12-6-4-5-10(2)11(12)9-16/h4-8,16H,3,9H2,1-2H3,(H,15,17)/b8-7+. The Morgan fingerprint density at radius 3 is 2.74 bits per heavy atom. The SMILES string of the molecule is CCOC(=O)/C=C/C(=O)Nc1cccc(C)c1CO. The van der Waals surface area contributed by atoms with E-state index in [1.54, 1.807) is 19.1 Å². The first-order chi connectivity index (χ1) is 9.08. The van der Waals surface area contributed by atoms with Crippen LogP contribution in [0.25, 0.3) is 0 Å². The number of esters is 1. The van der Waals surface area contributed by atoms with E-state index in [0.717, 1.165) is 17.7 Å². The normalized spacial score (nSPS) is 10.5. The van der Waals surface area contributed by atoms with Gasteiger partial charge in [0, 0.05) is 23.4 Å². The minimum absolute atomic E-state index is 0.163. The number of nitrogens with one attached hydrogen (secondary N) is 1. The second-order valence-corrected chi connectivity index (χ2v) is 3.83. The van der Waals surface area contributed by atoms with Gasteiger partial charge < -0.3 is 15.2 Å². The van der Waals surface area contributed by atoms with Gasteiger partial charge in [-0.3, -0.25) is 4.79 Å². The molecule has 0 aliphatic carbocycles. The monoisotopic (exact) mass is 263 g/mol. The molecule has 0 spiro atoms. The zero-order valence-electron chi connectivity index (χ0n) is 11.0. The summed E-state index contributed by atoms with van der Waals surface area (Å²) in [6.07, 6.45) is 2.16. The molecule has 2 N–H and O–H groups in total. The van der Waals surface area contributed by atoms with Gasteiger partial charge in [-0.25, -0.2) is 4.79 Å². The molecule has 1 rings (SSSR count). The molecule has 1 amide bonds. The van der Waals surface area contributed by atoms with Crippen LogP contribution in [0.3, 0.4) is 0 Å². The van der Waals surface area contributed by atoms with Crippen LogP contribution in [0.5, 0.6) is 0 Å². The topological polar surface area (TPSA) is 75.6 Å². The van der Waals surface area contributed by atoms with E-state index < -0.39 is 11.9 Å². The quantitative estimate of drug-likeness (QED) is 0.624. The van der Waals surface area contributed by atoms with Crippen molar-refractivity contribution in [1.82, 2.24) is 0 Å². The van der Waals surface area contributed by atoms with E-state index in [-0.39, 0.29) is 13.2 Å². The van der Waals surface area contributed by atoms with Gasteiger partial charge in [0.25, 0.3) is 0 Å². The lowest BCUT2D eigenvalue weighted by molar-refractivity contribution is -0.137. The molecular weight excluding hydrogens is 246 g/mol. The third kappa shape index (κ3) is 4.56. The van der Waals surface area contributed by atoms with Crippen LogP contribution in [0.15, 0.2) is 30.4 Å². The Bertz CT molecular complexity index is 494. The molecular formula is C14H17NO4. The molecule has 1 aromatic carbocycles. The lowest BCUT2D eigenvalue weighted by atomic mass is 10.1. The van der Waals surface area contributed by atoms with E-state index in [2.05, 4.69) is 10.1 Å². The van der Waals surface area contributed by atoms with Crippen molar-refractivity contribution in [3.05, 3.63) is 41.5 Å². The number of ether oxygens (including phenoxy) is 1. The number of aliphatic hydroxyl groups excluding tert-OH is 1. The Morgan fingerprint density at radius 1 is 1.37 bits per heavy atom. The molecule has 0 aliphatic heterocycles. The molecule has 19 heavy (non-hydrogen) atoms. The number of rotatable bonds is 5. The van der Waals surface area contributed by atoms with Crippen LogP contribution >= 0.6 is 0 Å². The fourth-order valence-corrected chi connectivity index (χ4v) is 1.54. The van der Waals surface area contributed by atoms with Gasteiger partial charge in [0.15, 0.2) is 0 Å². The highest BCUT2D eigenvalue weighted by Crippen LogP contribution is 2.19. The molecule has 0 fully saturated rings. The Morgan fingerprint density at radius 2 is 2.11 bits per heavy atom. The summed E-state index contributed by atoms with van der Waals surface area (Å²) < 4.78 is 4.66. The summed E-state index contributed by atoms with van der Waals surface area (Å²) in [4.78, 5) is 22.7. The molecule has 5 nitrogen and oxygen atoms in total. The number of carbonyl (C=O) groups is 2. The van der Waals surface area contributed by atoms with Crippen molar-refractivity contribution in [1.29, 1.82) is 0 Å². The Balaban J connectivity index is 2.72. The van der Waals surface area contributed by atoms with Gasteiger partial charge in [-0.2, -0.15) is 0 Å². The van der Waals surface area contributed by atoms with Gasteiger partial charge in [0.05, 0.1) is 13.2 Å². The molecule has 0 atom stereocenters. The van der Waals surface area contributed by atoms with Crippen LogP contribution < -0.4 is 5.32 Å². The first kappa shape index (κ1) is 14.9. The highest BCUT2D eigenvalue weighted by molar-refractivity contribution is 6.03. The zero-order chi connectivity index (χ0) is 14.3. The van der Waals surface area contributed by atoms with Crippen LogP contribution in [0.4, 0.5) is 5.69 Å². The molecule has 1 aromatic rings. The highest BCUT2D eigenvalue weighted by atomic mass is 16.5. The lowest BCUT2D eigenvalue weighted by Gasteiger charge is -2.10. The van der Waals surface area contributed by atoms with Crippen molar-refractivity contribution in [3.63, 3.8) is 0 Å². The van der Waals surface area contributed by atoms with Crippen molar-refractivity contribution < 1.29 is 19.4 Å². The summed E-state index contributed by atoms with van der Waals surface area (Å²) in [5.74, 6) is -1.02. The lowest BCUT2D eigenvalue weighted by Crippen LogP contribution is -2.11. The van der Waals surface area contributed by atoms with E-state index in [4.69, 9.17) is 0 Å². The first-order valence-electron chi connectivity index (χ1n) is 5.93. The number of carbonyl (C=O) groups excluding carboxylic acids is 2. The maximum atomic E-state index is 11.6. The summed E-state index contributed by atoms with van der Waals surface area (Å²) in [5, 5.41) is 11.9. The molecule has 0 unspecified atom stereocenters. The van der Waals surface area contributed by atoms with E-state index in [1.165, 1.54) is 0 Å². The average Bonchev–Trinajstić information content (AvgIpc) is 2.37. The van der Waals surface area contributed by atoms with Crippen molar-refractivity contribution in [2.75, 3.05) is 11.9 Å². The molecule has 0 heterocycles. The molecule has 102 valence electrons. The second-order valence-electron chi connectivity index (χ2n) is 3.83. The molecule has 0 saturated carbocycles. The third-order valence-corrected chi connectivity index (χ3v) is 2.48. The number of aryl methyl sites for hydroxylation is 1. The Kier molecular flexibility index (Phi) is 5.75. The second kappa shape index (κ2) is 7.33. The van der Waals surface area contributed by atoms with Crippen molar-refractivity contribution >= 4 is 17.6 Å². The largest absolute Gasteiger partial charge is 0.463 e. The smallest absolute Gasteiger partial charge is 0.330 e. The van der Waals surface area contributed by atoms with Gasteiger partial charge in [0.1, 0.15) is 0 Å². The maximum absolute atomic E-state index is 11.6. The zero-order valence-corrected chi connectivity index (χ0v) is 11.0. The molecule has 5 heteroatoms. The van der Waals surface area contributed by atoms with Gasteiger partial charge >= 0.3 is 5.97 Å². The van der Waals surface area contributed by atoms with Crippen LogP contribution in [0.2, 0.25) is 0 Å². The van der Waals surface area contributed by atoms with Gasteiger partial charge in [-0.1, -0.05) is 12.1 Å². The van der Waals surface area contributed by atoms with Gasteiger partial charge in [0.2, 0.25) is 5.91 Å². The number of hydrogen-bond donors (Lipinski definition) is 2. The highest BCUT2D eigenvalue weighted by Gasteiger charge is 2.06. The fourth-order valence-electron chi connectivity index (χ4n) is 1.54. The number of anilines is 1. The van der Waals surface area contributed by atoms with Crippen LogP contribution in [-0.2, 0) is 20.9 Å². The minimum Gasteiger partial charge on any atom is -0.463 e. The van der Waals surface area contributed by atoms with E-state index in [9.17, 15) is 14.7 Å². The number of amides is 1. The average molecular weight is 263 g/mol. The number of hydrogen-bond acceptors (Lipinski definition) is 4. The summed E-state index contributed by atoms with van der Waals surface area (Å²) in [6.45, 7) is 3.63. The van der Waals surface area contributed by atoms with E-state index in [0.29, 0.717) is 11.3 Å². The van der Waals surface area contributed by atoms with Crippen molar-refractivity contribution in [3.8, 4) is 0 Å². The van der Waals surface area contributed by atoms with Crippen LogP contribution in [0, 0.1) is 6.92 Å². The predicted molar refractivity (Wildman–Crippen MR) is 71.5 cm³/mol. The van der Waals surface area contributed by atoms with Gasteiger partial charge in [-0.05, 0) is 25.5 Å². The Labute approximate surface area is 111 Å². The molecule has 0 radical (unpaired) electrons. The van der Waals surface area contributed by atoms with Crippen LogP contribution in [-0.4, -0.2) is 23.6 Å². The molecule has 0 saturated heterocycles. The Hall–Kier alpha value is -2.14. The minimum atomic E-state index is -0.565. The van der Waals surface area contributed by atoms with E-state index >= 15 is 0 Å². The summed E-state index contributed by atoms with van der Waals surface area (Å²) in [6, 6.07) is 5.31. The molecule has 0 aliphatic rings. The van der Waals surface area contributed by atoms with Crippen molar-refractivity contribution in [2.24, 2.45) is 0 Å². The summed E-state index contributed by atoms with van der Waals surface area (Å²) in [7, 11) is 0. The first-order valence-corrected chi connectivity index (χ1v) is 5.93. The van der Waals surface area contributed by atoms with E-state index in [1.807, 2.05) is 13.0 Å². The van der Waals surface area contributed by atoms with Crippen LogP contribution in [0.1, 0.15) is 18.1 Å². The molecule has 0 bridgehead atoms. The van der Waals surface area contributed by atoms with Gasteiger partial charge in [-0.15, -0.1) is 0 Å². The predicted octanol–water partition coefficient (Wildman–Crippen LogP) is 1.55. The number of benzene rings is 1. The summed E-state index contributed by atoms with van der Waals surface area (Å²) in [5.41, 5.74) is 2.07. The third-order valence-electron chi connectivity index (χ3n) is 2.48. The fraction of sp³-hybridized carbons (Fsp3) is 0.286. The number of aliphatic hydroxyl groups is 1. The molecule has 0 aromatic heterocycles.